The van der Waals surface area contributed by atoms with Crippen LogP contribution in [-0.2, 0) is 0 Å². The van der Waals surface area contributed by atoms with E-state index in [2.05, 4.69) is 0 Å². The van der Waals surface area contributed by atoms with Gasteiger partial charge in [0.2, 0.25) is 0 Å². The highest BCUT2D eigenvalue weighted by molar-refractivity contribution is 6.31. The molecular formula is C9H7ClF2O. The van der Waals surface area contributed by atoms with Gasteiger partial charge in [0, 0.05) is 16.1 Å². The molecule has 1 nitrogen and oxygen atoms in total. The third kappa shape index (κ3) is 2.25. The summed E-state index contributed by atoms with van der Waals surface area (Å²) in [6.45, 7) is 1.23. The zero-order valence-corrected chi connectivity index (χ0v) is 7.61. The molecule has 0 aliphatic rings. The maximum absolute atomic E-state index is 12.3. The summed E-state index contributed by atoms with van der Waals surface area (Å²) in [4.78, 5) is 10.9. The van der Waals surface area contributed by atoms with Gasteiger partial charge in [0.05, 0.1) is 0 Å². The molecule has 4 heteroatoms. The smallest absolute Gasteiger partial charge is 0.264 e. The molecule has 0 aliphatic heterocycles. The van der Waals surface area contributed by atoms with Crippen LogP contribution in [0.4, 0.5) is 8.78 Å². The van der Waals surface area contributed by atoms with E-state index < -0.39 is 12.2 Å². The molecule has 0 N–H and O–H groups in total. The lowest BCUT2D eigenvalue weighted by molar-refractivity contribution is 0.0999. The number of hydrogen-bond acceptors (Lipinski definition) is 1. The van der Waals surface area contributed by atoms with Crippen molar-refractivity contribution in [3.63, 3.8) is 0 Å². The fourth-order valence-corrected chi connectivity index (χ4v) is 1.20. The van der Waals surface area contributed by atoms with Gasteiger partial charge in [-0.15, -0.1) is 0 Å². The van der Waals surface area contributed by atoms with Crippen molar-refractivity contribution in [1.29, 1.82) is 0 Å². The van der Waals surface area contributed by atoms with Gasteiger partial charge in [-0.2, -0.15) is 0 Å². The van der Waals surface area contributed by atoms with Crippen LogP contribution >= 0.6 is 11.6 Å². The molecule has 0 unspecified atom stereocenters. The Labute approximate surface area is 79.3 Å². The lowest BCUT2D eigenvalue weighted by Gasteiger charge is -2.05. The van der Waals surface area contributed by atoms with E-state index in [0.717, 1.165) is 0 Å². The summed E-state index contributed by atoms with van der Waals surface area (Å²) < 4.78 is 24.6. The van der Waals surface area contributed by atoms with Gasteiger partial charge in [-0.1, -0.05) is 17.7 Å². The highest BCUT2D eigenvalue weighted by atomic mass is 35.5. The number of carbonyl (C=O) groups excluding carboxylic acids is 1. The number of alkyl halides is 2. The maximum Gasteiger partial charge on any atom is 0.264 e. The van der Waals surface area contributed by atoms with Crippen LogP contribution in [0.5, 0.6) is 0 Å². The molecule has 0 aliphatic carbocycles. The molecule has 0 amide bonds. The quantitative estimate of drug-likeness (QED) is 0.674. The van der Waals surface area contributed by atoms with Crippen molar-refractivity contribution in [2.45, 2.75) is 13.3 Å². The minimum atomic E-state index is -2.64. The normalized spacial score (nSPS) is 10.5. The highest BCUT2D eigenvalue weighted by Crippen LogP contribution is 2.25. The molecule has 13 heavy (non-hydrogen) atoms. The van der Waals surface area contributed by atoms with Gasteiger partial charge in [0.1, 0.15) is 0 Å². The second-order valence-corrected chi connectivity index (χ2v) is 3.02. The summed E-state index contributed by atoms with van der Waals surface area (Å²) in [5, 5.41) is 0.287. The Morgan fingerprint density at radius 2 is 2.08 bits per heavy atom. The van der Waals surface area contributed by atoms with E-state index in [0.29, 0.717) is 0 Å². The molecule has 0 atom stereocenters. The zero-order chi connectivity index (χ0) is 10.0. The molecule has 0 radical (unpaired) electrons. The largest absolute Gasteiger partial charge is 0.294 e. The molecule has 0 heterocycles. The Morgan fingerprint density at radius 3 is 2.54 bits per heavy atom. The molecule has 1 aromatic carbocycles. The number of benzene rings is 1. The number of carbonyl (C=O) groups is 1. The highest BCUT2D eigenvalue weighted by Gasteiger charge is 2.15. The number of Topliss-reactive ketones (excluding diaryl/α,β-unsaturated/α-hetero) is 1. The molecule has 0 aromatic heterocycles. The van der Waals surface area contributed by atoms with E-state index in [4.69, 9.17) is 11.6 Å². The van der Waals surface area contributed by atoms with Gasteiger partial charge in [-0.05, 0) is 19.1 Å². The molecule has 1 rings (SSSR count). The Kier molecular flexibility index (Phi) is 2.98. The average Bonchev–Trinajstić information content (AvgIpc) is 2.03. The molecule has 0 bridgehead atoms. The van der Waals surface area contributed by atoms with E-state index in [1.807, 2.05) is 0 Å². The fourth-order valence-electron chi connectivity index (χ4n) is 1.02. The van der Waals surface area contributed by atoms with Crippen molar-refractivity contribution in [3.05, 3.63) is 34.3 Å². The maximum atomic E-state index is 12.3. The van der Waals surface area contributed by atoms with Gasteiger partial charge in [-0.3, -0.25) is 4.79 Å². The molecule has 0 fully saturated rings. The Hall–Kier alpha value is -0.960. The van der Waals surface area contributed by atoms with Crippen molar-refractivity contribution in [3.8, 4) is 0 Å². The lowest BCUT2D eigenvalue weighted by Crippen LogP contribution is -1.99. The van der Waals surface area contributed by atoms with E-state index in [9.17, 15) is 13.6 Å². The minimum absolute atomic E-state index is 0.0116. The van der Waals surface area contributed by atoms with Crippen molar-refractivity contribution >= 4 is 17.4 Å². The van der Waals surface area contributed by atoms with Gasteiger partial charge in [0.25, 0.3) is 6.43 Å². The number of ketones is 1. The van der Waals surface area contributed by atoms with E-state index >= 15 is 0 Å². The van der Waals surface area contributed by atoms with Crippen LogP contribution < -0.4 is 0 Å². The summed E-state index contributed by atoms with van der Waals surface area (Å²) in [5.74, 6) is -0.405. The first-order valence-electron chi connectivity index (χ1n) is 3.61. The first-order chi connectivity index (χ1) is 6.02. The van der Waals surface area contributed by atoms with Crippen LogP contribution in [0.3, 0.4) is 0 Å². The van der Waals surface area contributed by atoms with Crippen LogP contribution in [0, 0.1) is 0 Å². The van der Waals surface area contributed by atoms with Gasteiger partial charge < -0.3 is 0 Å². The van der Waals surface area contributed by atoms with Gasteiger partial charge in [0.15, 0.2) is 5.78 Å². The molecule has 0 saturated heterocycles. The molecule has 0 saturated carbocycles. The van der Waals surface area contributed by atoms with E-state index in [1.165, 1.54) is 25.1 Å². The van der Waals surface area contributed by atoms with Crippen LogP contribution in [0.1, 0.15) is 29.3 Å². The van der Waals surface area contributed by atoms with Crippen molar-refractivity contribution in [1.82, 2.24) is 0 Å². The second kappa shape index (κ2) is 3.83. The van der Waals surface area contributed by atoms with Crippen molar-refractivity contribution in [2.75, 3.05) is 0 Å². The Bertz CT molecular complexity index is 336. The molecule has 0 spiro atoms. The summed E-state index contributed by atoms with van der Waals surface area (Å²) in [5.41, 5.74) is -0.278. The number of hydrogen-bond donors (Lipinski definition) is 0. The third-order valence-corrected chi connectivity index (χ3v) is 1.86. The topological polar surface area (TPSA) is 17.1 Å². The van der Waals surface area contributed by atoms with E-state index in [-0.39, 0.29) is 16.1 Å². The summed E-state index contributed by atoms with van der Waals surface area (Å²) in [6, 6.07) is 3.77. The van der Waals surface area contributed by atoms with E-state index in [1.54, 1.807) is 0 Å². The summed E-state index contributed by atoms with van der Waals surface area (Å²) >= 11 is 5.57. The minimum Gasteiger partial charge on any atom is -0.294 e. The summed E-state index contributed by atoms with van der Waals surface area (Å²) in [7, 11) is 0. The van der Waals surface area contributed by atoms with Crippen LogP contribution in [0.25, 0.3) is 0 Å². The van der Waals surface area contributed by atoms with Crippen LogP contribution in [-0.4, -0.2) is 5.78 Å². The first-order valence-corrected chi connectivity index (χ1v) is 3.98. The van der Waals surface area contributed by atoms with Gasteiger partial charge in [-0.25, -0.2) is 8.78 Å². The zero-order valence-electron chi connectivity index (χ0n) is 6.85. The average molecular weight is 205 g/mol. The second-order valence-electron chi connectivity index (χ2n) is 2.59. The predicted octanol–water partition coefficient (Wildman–Crippen LogP) is 3.48. The Morgan fingerprint density at radius 1 is 1.46 bits per heavy atom. The molecule has 1 aromatic rings. The molecular weight excluding hydrogens is 198 g/mol. The Balaban J connectivity index is 3.27. The van der Waals surface area contributed by atoms with Crippen LogP contribution in [0.15, 0.2) is 18.2 Å². The monoisotopic (exact) mass is 204 g/mol. The first kappa shape index (κ1) is 10.1. The SMILES string of the molecule is CC(=O)c1cc(Cl)ccc1C(F)F. The predicted molar refractivity (Wildman–Crippen MR) is 46.4 cm³/mol. The number of halogens is 3. The van der Waals surface area contributed by atoms with Gasteiger partial charge >= 0.3 is 0 Å². The lowest BCUT2D eigenvalue weighted by atomic mass is 10.1. The number of rotatable bonds is 2. The van der Waals surface area contributed by atoms with Crippen molar-refractivity contribution < 1.29 is 13.6 Å². The molecule has 70 valence electrons. The summed E-state index contributed by atoms with van der Waals surface area (Å²) in [6.07, 6.45) is -2.64. The standard InChI is InChI=1S/C9H7ClF2O/c1-5(13)8-4-6(10)2-3-7(8)9(11)12/h2-4,9H,1H3. The van der Waals surface area contributed by atoms with Crippen LogP contribution in [0.2, 0.25) is 5.02 Å². The third-order valence-electron chi connectivity index (χ3n) is 1.63. The van der Waals surface area contributed by atoms with Crippen molar-refractivity contribution in [2.24, 2.45) is 0 Å². The fraction of sp³-hybridized carbons (Fsp3) is 0.222.